The van der Waals surface area contributed by atoms with Crippen molar-refractivity contribution in [3.8, 4) is 17.1 Å². The van der Waals surface area contributed by atoms with Gasteiger partial charge in [0.1, 0.15) is 11.6 Å². The molecule has 1 atom stereocenters. The summed E-state index contributed by atoms with van der Waals surface area (Å²) >= 11 is 0. The van der Waals surface area contributed by atoms with E-state index in [-0.39, 0.29) is 17.6 Å². The van der Waals surface area contributed by atoms with E-state index in [4.69, 9.17) is 0 Å². The lowest BCUT2D eigenvalue weighted by Gasteiger charge is -2.32. The number of phenolic OH excluding ortho intramolecular Hbond substituents is 1. The number of nitrogens with one attached hydrogen (secondary N) is 2. The van der Waals surface area contributed by atoms with Crippen molar-refractivity contribution in [2.24, 2.45) is 0 Å². The molecule has 7 nitrogen and oxygen atoms in total. The van der Waals surface area contributed by atoms with Gasteiger partial charge in [-0.15, -0.1) is 0 Å². The smallest absolute Gasteiger partial charge is 0.254 e. The van der Waals surface area contributed by atoms with E-state index in [1.165, 1.54) is 0 Å². The molecule has 3 N–H and O–H groups in total. The zero-order valence-electron chi connectivity index (χ0n) is 15.5. The Labute approximate surface area is 167 Å². The van der Waals surface area contributed by atoms with Gasteiger partial charge < -0.3 is 20.0 Å². The monoisotopic (exact) mass is 385 g/mol. The number of aromatic nitrogens is 4. The number of phenols is 1. The van der Waals surface area contributed by atoms with Crippen LogP contribution in [0.1, 0.15) is 33.2 Å². The van der Waals surface area contributed by atoms with Crippen molar-refractivity contribution >= 4 is 5.91 Å². The minimum Gasteiger partial charge on any atom is -0.508 e. The van der Waals surface area contributed by atoms with Crippen LogP contribution in [0.4, 0.5) is 0 Å². The van der Waals surface area contributed by atoms with Crippen molar-refractivity contribution < 1.29 is 9.90 Å². The Morgan fingerprint density at radius 2 is 2.00 bits per heavy atom. The standard InChI is InChI=1S/C22H19N5O2/c28-15-5-3-4-14(10-15)18-11-27(12-19-20(18)26-13-25-19)22(29)17-7-2-1-6-16(17)21-23-8-9-24-21/h1-10,13,18,28H,11-12H2,(H,23,24)(H,25,26). The maximum Gasteiger partial charge on any atom is 0.254 e. The summed E-state index contributed by atoms with van der Waals surface area (Å²) in [4.78, 5) is 30.3. The predicted octanol–water partition coefficient (Wildman–Crippen LogP) is 3.29. The second-order valence-electron chi connectivity index (χ2n) is 7.08. The molecule has 4 aromatic rings. The van der Waals surface area contributed by atoms with Crippen molar-refractivity contribution in [1.29, 1.82) is 0 Å². The molecular formula is C22H19N5O2. The Morgan fingerprint density at radius 3 is 2.83 bits per heavy atom. The topological polar surface area (TPSA) is 97.9 Å². The summed E-state index contributed by atoms with van der Waals surface area (Å²) in [6.07, 6.45) is 5.07. The molecule has 0 saturated heterocycles. The largest absolute Gasteiger partial charge is 0.508 e. The molecule has 2 aromatic carbocycles. The molecule has 29 heavy (non-hydrogen) atoms. The maximum absolute atomic E-state index is 13.5. The van der Waals surface area contributed by atoms with Gasteiger partial charge in [-0.25, -0.2) is 9.97 Å². The van der Waals surface area contributed by atoms with Crippen molar-refractivity contribution in [2.45, 2.75) is 12.5 Å². The molecule has 0 saturated carbocycles. The number of hydrogen-bond donors (Lipinski definition) is 3. The van der Waals surface area contributed by atoms with Gasteiger partial charge in [0, 0.05) is 30.4 Å². The summed E-state index contributed by atoms with van der Waals surface area (Å²) in [7, 11) is 0. The van der Waals surface area contributed by atoms with Crippen molar-refractivity contribution in [3.05, 3.63) is 89.8 Å². The van der Waals surface area contributed by atoms with E-state index in [0.717, 1.165) is 22.5 Å². The number of carbonyl (C=O) groups excluding carboxylic acids is 1. The zero-order valence-corrected chi connectivity index (χ0v) is 15.5. The number of hydrogen-bond acceptors (Lipinski definition) is 4. The molecule has 1 unspecified atom stereocenters. The molecule has 5 rings (SSSR count). The van der Waals surface area contributed by atoms with Gasteiger partial charge in [-0.2, -0.15) is 0 Å². The van der Waals surface area contributed by atoms with E-state index in [2.05, 4.69) is 19.9 Å². The number of nitrogens with zero attached hydrogens (tertiary/aromatic N) is 3. The third-order valence-corrected chi connectivity index (χ3v) is 5.30. The summed E-state index contributed by atoms with van der Waals surface area (Å²) in [5.41, 5.74) is 4.12. The van der Waals surface area contributed by atoms with E-state index in [9.17, 15) is 9.90 Å². The van der Waals surface area contributed by atoms with Gasteiger partial charge in [0.05, 0.1) is 29.8 Å². The molecule has 0 fully saturated rings. The van der Waals surface area contributed by atoms with Crippen LogP contribution in [0.5, 0.6) is 5.75 Å². The van der Waals surface area contributed by atoms with Crippen LogP contribution in [-0.4, -0.2) is 42.4 Å². The van der Waals surface area contributed by atoms with Crippen LogP contribution >= 0.6 is 0 Å². The summed E-state index contributed by atoms with van der Waals surface area (Å²) in [5, 5.41) is 9.92. The molecule has 0 aliphatic carbocycles. The van der Waals surface area contributed by atoms with Crippen LogP contribution < -0.4 is 0 Å². The molecule has 2 aromatic heterocycles. The first kappa shape index (κ1) is 17.2. The van der Waals surface area contributed by atoms with Crippen LogP contribution in [0.2, 0.25) is 0 Å². The molecule has 1 aliphatic rings. The highest BCUT2D eigenvalue weighted by Gasteiger charge is 2.32. The van der Waals surface area contributed by atoms with E-state index >= 15 is 0 Å². The number of imidazole rings is 2. The molecule has 3 heterocycles. The number of amides is 1. The van der Waals surface area contributed by atoms with E-state index in [1.807, 2.05) is 41.3 Å². The van der Waals surface area contributed by atoms with Gasteiger partial charge in [0.25, 0.3) is 5.91 Å². The highest BCUT2D eigenvalue weighted by atomic mass is 16.3. The fourth-order valence-electron chi connectivity index (χ4n) is 3.94. The molecule has 1 amide bonds. The van der Waals surface area contributed by atoms with Gasteiger partial charge >= 0.3 is 0 Å². The van der Waals surface area contributed by atoms with E-state index in [0.29, 0.717) is 24.5 Å². The number of benzene rings is 2. The number of aromatic hydroxyl groups is 1. The second-order valence-corrected chi connectivity index (χ2v) is 7.08. The van der Waals surface area contributed by atoms with Crippen LogP contribution in [0, 0.1) is 0 Å². The third kappa shape index (κ3) is 3.06. The fraction of sp³-hybridized carbons (Fsp3) is 0.136. The highest BCUT2D eigenvalue weighted by Crippen LogP contribution is 2.34. The minimum absolute atomic E-state index is 0.0672. The second kappa shape index (κ2) is 6.94. The Bertz CT molecular complexity index is 1170. The minimum atomic E-state index is -0.114. The average molecular weight is 385 g/mol. The van der Waals surface area contributed by atoms with Crippen LogP contribution in [0.15, 0.2) is 67.3 Å². The molecule has 1 aliphatic heterocycles. The first-order valence-corrected chi connectivity index (χ1v) is 9.40. The van der Waals surface area contributed by atoms with Gasteiger partial charge in [-0.1, -0.05) is 30.3 Å². The van der Waals surface area contributed by atoms with Crippen LogP contribution in [0.25, 0.3) is 11.4 Å². The summed E-state index contributed by atoms with van der Waals surface area (Å²) in [6, 6.07) is 14.6. The molecule has 0 radical (unpaired) electrons. The average Bonchev–Trinajstić information content (AvgIpc) is 3.44. The summed E-state index contributed by atoms with van der Waals surface area (Å²) in [5.74, 6) is 0.683. The zero-order chi connectivity index (χ0) is 19.8. The van der Waals surface area contributed by atoms with Crippen LogP contribution in [0.3, 0.4) is 0 Å². The highest BCUT2D eigenvalue weighted by molar-refractivity contribution is 6.00. The maximum atomic E-state index is 13.5. The summed E-state index contributed by atoms with van der Waals surface area (Å²) in [6.45, 7) is 0.933. The lowest BCUT2D eigenvalue weighted by molar-refractivity contribution is 0.0722. The normalized spacial score (nSPS) is 15.9. The first-order chi connectivity index (χ1) is 14.2. The fourth-order valence-corrected chi connectivity index (χ4v) is 3.94. The van der Waals surface area contributed by atoms with Gasteiger partial charge in [0.15, 0.2) is 0 Å². The van der Waals surface area contributed by atoms with Crippen molar-refractivity contribution in [2.75, 3.05) is 6.54 Å². The third-order valence-electron chi connectivity index (χ3n) is 5.30. The number of rotatable bonds is 3. The summed E-state index contributed by atoms with van der Waals surface area (Å²) < 4.78 is 0. The first-order valence-electron chi connectivity index (χ1n) is 9.40. The number of H-pyrrole nitrogens is 2. The number of fused-ring (bicyclic) bond motifs is 1. The van der Waals surface area contributed by atoms with Gasteiger partial charge in [0.2, 0.25) is 0 Å². The SMILES string of the molecule is O=C(c1ccccc1-c1ncc[nH]1)N1Cc2[nH]cnc2C(c2cccc(O)c2)C1. The quantitative estimate of drug-likeness (QED) is 0.504. The molecule has 7 heteroatoms. The number of aromatic amines is 2. The van der Waals surface area contributed by atoms with Gasteiger partial charge in [-0.3, -0.25) is 4.79 Å². The number of carbonyl (C=O) groups is 1. The van der Waals surface area contributed by atoms with Crippen molar-refractivity contribution in [1.82, 2.24) is 24.8 Å². The van der Waals surface area contributed by atoms with Gasteiger partial charge in [-0.05, 0) is 23.8 Å². The Kier molecular flexibility index (Phi) is 4.13. The lowest BCUT2D eigenvalue weighted by Crippen LogP contribution is -2.39. The molecule has 0 bridgehead atoms. The lowest BCUT2D eigenvalue weighted by atomic mass is 9.90. The Balaban J connectivity index is 1.52. The molecular weight excluding hydrogens is 366 g/mol. The molecule has 0 spiro atoms. The predicted molar refractivity (Wildman–Crippen MR) is 107 cm³/mol. The Hall–Kier alpha value is -3.87. The van der Waals surface area contributed by atoms with E-state index in [1.54, 1.807) is 30.9 Å². The molecule has 144 valence electrons. The van der Waals surface area contributed by atoms with Crippen molar-refractivity contribution in [3.63, 3.8) is 0 Å². The van der Waals surface area contributed by atoms with Crippen LogP contribution in [-0.2, 0) is 6.54 Å². The Morgan fingerprint density at radius 1 is 1.10 bits per heavy atom. The van der Waals surface area contributed by atoms with E-state index < -0.39 is 0 Å².